The molecule has 1 aromatic heterocycles. The average Bonchev–Trinajstić information content (AvgIpc) is 2.83. The van der Waals surface area contributed by atoms with E-state index in [2.05, 4.69) is 29.2 Å². The summed E-state index contributed by atoms with van der Waals surface area (Å²) >= 11 is 0. The molecule has 0 saturated heterocycles. The van der Waals surface area contributed by atoms with Crippen LogP contribution >= 0.6 is 0 Å². The smallest absolute Gasteiger partial charge is 0.110 e. The van der Waals surface area contributed by atoms with Crippen LogP contribution in [0.5, 0.6) is 0 Å². The lowest BCUT2D eigenvalue weighted by molar-refractivity contribution is 0.140. The summed E-state index contributed by atoms with van der Waals surface area (Å²) < 4.78 is 0. The second kappa shape index (κ2) is 3.59. The first-order valence-corrected chi connectivity index (χ1v) is 6.85. The summed E-state index contributed by atoms with van der Waals surface area (Å²) in [6, 6.07) is 8.39. The molecule has 2 heteroatoms. The number of H-pyrrole nitrogens is 1. The van der Waals surface area contributed by atoms with Gasteiger partial charge in [0, 0.05) is 5.92 Å². The highest BCUT2D eigenvalue weighted by atomic mass is 14.9. The van der Waals surface area contributed by atoms with Crippen LogP contribution in [-0.2, 0) is 0 Å². The zero-order valence-electron chi connectivity index (χ0n) is 10.0. The predicted octanol–water partition coefficient (Wildman–Crippen LogP) is 3.86. The molecule has 5 rings (SSSR count). The fraction of sp³-hybridized carbons (Fsp3) is 0.533. The molecule has 1 aromatic carbocycles. The number of aromatic nitrogens is 2. The lowest BCUT2D eigenvalue weighted by atomic mass is 9.64. The van der Waals surface area contributed by atoms with E-state index in [0.29, 0.717) is 5.92 Å². The molecule has 0 radical (unpaired) electrons. The maximum absolute atomic E-state index is 4.80. The second-order valence-electron chi connectivity index (χ2n) is 5.76. The van der Waals surface area contributed by atoms with Crippen LogP contribution in [0.15, 0.2) is 24.3 Å². The van der Waals surface area contributed by atoms with Gasteiger partial charge in [0.15, 0.2) is 0 Å². The van der Waals surface area contributed by atoms with E-state index >= 15 is 0 Å². The van der Waals surface area contributed by atoms with E-state index in [1.54, 1.807) is 0 Å². The first-order valence-electron chi connectivity index (χ1n) is 6.85. The number of rotatable bonds is 1. The van der Waals surface area contributed by atoms with Gasteiger partial charge in [0.2, 0.25) is 0 Å². The van der Waals surface area contributed by atoms with Gasteiger partial charge in [0.05, 0.1) is 11.0 Å². The van der Waals surface area contributed by atoms with Crippen LogP contribution < -0.4 is 0 Å². The molecule has 3 aliphatic rings. The van der Waals surface area contributed by atoms with Crippen LogP contribution in [0.25, 0.3) is 11.0 Å². The van der Waals surface area contributed by atoms with Gasteiger partial charge in [-0.1, -0.05) is 25.0 Å². The Balaban J connectivity index is 1.74. The zero-order valence-corrected chi connectivity index (χ0v) is 10.0. The van der Waals surface area contributed by atoms with Crippen molar-refractivity contribution in [3.05, 3.63) is 30.1 Å². The summed E-state index contributed by atoms with van der Waals surface area (Å²) in [6.07, 6.45) is 7.13. The van der Waals surface area contributed by atoms with Crippen LogP contribution in [0, 0.1) is 11.8 Å². The third-order valence-electron chi connectivity index (χ3n) is 4.81. The molecule has 88 valence electrons. The van der Waals surface area contributed by atoms with Crippen molar-refractivity contribution in [3.63, 3.8) is 0 Å². The Bertz CT molecular complexity index is 502. The predicted molar refractivity (Wildman–Crippen MR) is 68.9 cm³/mol. The van der Waals surface area contributed by atoms with E-state index in [4.69, 9.17) is 4.98 Å². The van der Waals surface area contributed by atoms with E-state index in [-0.39, 0.29) is 0 Å². The van der Waals surface area contributed by atoms with Crippen molar-refractivity contribution >= 4 is 11.0 Å². The molecule has 3 fully saturated rings. The van der Waals surface area contributed by atoms with Crippen molar-refractivity contribution < 1.29 is 0 Å². The number of nitrogens with one attached hydrogen (secondary N) is 1. The summed E-state index contributed by atoms with van der Waals surface area (Å²) in [4.78, 5) is 8.34. The first kappa shape index (κ1) is 9.69. The van der Waals surface area contributed by atoms with E-state index in [0.717, 1.165) is 17.4 Å². The van der Waals surface area contributed by atoms with Crippen molar-refractivity contribution in [1.29, 1.82) is 0 Å². The standard InChI is InChI=1S/C15H18N2/c1-2-4-14-13(3-1)16-15(17-14)12-9-10-5-7-11(12)8-6-10/h1-4,10-12H,5-9H2,(H,16,17). The first-order chi connectivity index (χ1) is 8.40. The molecule has 0 amide bonds. The largest absolute Gasteiger partial charge is 0.342 e. The Hall–Kier alpha value is -1.31. The number of nitrogens with zero attached hydrogens (tertiary/aromatic N) is 1. The van der Waals surface area contributed by atoms with Crippen molar-refractivity contribution in [2.24, 2.45) is 11.8 Å². The Labute approximate surface area is 101 Å². The molecule has 2 bridgehead atoms. The minimum Gasteiger partial charge on any atom is -0.342 e. The van der Waals surface area contributed by atoms with Crippen molar-refractivity contribution in [2.75, 3.05) is 0 Å². The molecule has 0 aliphatic heterocycles. The van der Waals surface area contributed by atoms with E-state index < -0.39 is 0 Å². The normalized spacial score (nSPS) is 32.1. The molecule has 1 N–H and O–H groups in total. The van der Waals surface area contributed by atoms with Gasteiger partial charge >= 0.3 is 0 Å². The highest BCUT2D eigenvalue weighted by Gasteiger charge is 2.37. The van der Waals surface area contributed by atoms with Crippen LogP contribution in [0.1, 0.15) is 43.8 Å². The third-order valence-corrected chi connectivity index (χ3v) is 4.81. The molecule has 1 heterocycles. The topological polar surface area (TPSA) is 28.7 Å². The van der Waals surface area contributed by atoms with Gasteiger partial charge in [-0.15, -0.1) is 0 Å². The Kier molecular flexibility index (Phi) is 2.05. The molecular formula is C15H18N2. The minimum atomic E-state index is 0.704. The highest BCUT2D eigenvalue weighted by molar-refractivity contribution is 5.74. The fourth-order valence-electron chi connectivity index (χ4n) is 3.86. The second-order valence-corrected chi connectivity index (χ2v) is 5.76. The van der Waals surface area contributed by atoms with Gasteiger partial charge in [-0.3, -0.25) is 0 Å². The number of fused-ring (bicyclic) bond motifs is 4. The lowest BCUT2D eigenvalue weighted by Gasteiger charge is -2.41. The summed E-state index contributed by atoms with van der Waals surface area (Å²) in [5, 5.41) is 0. The SMILES string of the molecule is c1ccc2[nH]c(C3CC4CCC3CC4)nc2c1. The molecule has 3 aliphatic carbocycles. The van der Waals surface area contributed by atoms with Gasteiger partial charge in [0.25, 0.3) is 0 Å². The summed E-state index contributed by atoms with van der Waals surface area (Å²) in [7, 11) is 0. The number of benzene rings is 1. The molecule has 2 nitrogen and oxygen atoms in total. The Morgan fingerprint density at radius 2 is 1.88 bits per heavy atom. The maximum Gasteiger partial charge on any atom is 0.110 e. The van der Waals surface area contributed by atoms with Crippen LogP contribution in [0.2, 0.25) is 0 Å². The molecule has 17 heavy (non-hydrogen) atoms. The van der Waals surface area contributed by atoms with Gasteiger partial charge < -0.3 is 4.98 Å². The quantitative estimate of drug-likeness (QED) is 0.786. The minimum absolute atomic E-state index is 0.704. The molecule has 2 aromatic rings. The number of aromatic amines is 1. The maximum atomic E-state index is 4.80. The van der Waals surface area contributed by atoms with Crippen LogP contribution in [-0.4, -0.2) is 9.97 Å². The summed E-state index contributed by atoms with van der Waals surface area (Å²) in [5.41, 5.74) is 2.33. The van der Waals surface area contributed by atoms with Crippen molar-refractivity contribution in [1.82, 2.24) is 9.97 Å². The molecule has 0 spiro atoms. The van der Waals surface area contributed by atoms with Crippen molar-refractivity contribution in [3.8, 4) is 0 Å². The molecule has 3 saturated carbocycles. The number of para-hydroxylation sites is 2. The Morgan fingerprint density at radius 3 is 2.59 bits per heavy atom. The number of imidazole rings is 1. The van der Waals surface area contributed by atoms with Gasteiger partial charge in [-0.25, -0.2) is 4.98 Å². The van der Waals surface area contributed by atoms with E-state index in [9.17, 15) is 0 Å². The lowest BCUT2D eigenvalue weighted by Crippen LogP contribution is -2.30. The van der Waals surface area contributed by atoms with Gasteiger partial charge in [-0.05, 0) is 43.2 Å². The fourth-order valence-corrected chi connectivity index (χ4v) is 3.86. The molecule has 1 unspecified atom stereocenters. The van der Waals surface area contributed by atoms with Gasteiger partial charge in [0.1, 0.15) is 5.82 Å². The highest BCUT2D eigenvalue weighted by Crippen LogP contribution is 2.49. The Morgan fingerprint density at radius 1 is 1.06 bits per heavy atom. The van der Waals surface area contributed by atoms with Crippen LogP contribution in [0.3, 0.4) is 0 Å². The number of hydrogen-bond acceptors (Lipinski definition) is 1. The van der Waals surface area contributed by atoms with Crippen LogP contribution in [0.4, 0.5) is 0 Å². The monoisotopic (exact) mass is 226 g/mol. The van der Waals surface area contributed by atoms with E-state index in [1.807, 2.05) is 0 Å². The summed E-state index contributed by atoms with van der Waals surface area (Å²) in [5.74, 6) is 3.81. The van der Waals surface area contributed by atoms with Crippen molar-refractivity contribution in [2.45, 2.75) is 38.0 Å². The molecule has 1 atom stereocenters. The van der Waals surface area contributed by atoms with E-state index in [1.165, 1.54) is 43.4 Å². The zero-order chi connectivity index (χ0) is 11.2. The average molecular weight is 226 g/mol. The molecular weight excluding hydrogens is 208 g/mol. The number of hydrogen-bond donors (Lipinski definition) is 1. The summed E-state index contributed by atoms with van der Waals surface area (Å²) in [6.45, 7) is 0. The van der Waals surface area contributed by atoms with Gasteiger partial charge in [-0.2, -0.15) is 0 Å². The third kappa shape index (κ3) is 1.50.